The summed E-state index contributed by atoms with van der Waals surface area (Å²) in [4.78, 5) is 4.61. The molecule has 0 aliphatic heterocycles. The highest BCUT2D eigenvalue weighted by molar-refractivity contribution is 5.78. The molecule has 2 heterocycles. The summed E-state index contributed by atoms with van der Waals surface area (Å²) in [5.74, 6) is 1.87. The van der Waals surface area contributed by atoms with E-state index in [0.29, 0.717) is 0 Å². The largest absolute Gasteiger partial charge is 0.464 e. The van der Waals surface area contributed by atoms with Crippen LogP contribution in [0, 0.1) is 6.92 Å². The third-order valence-corrected chi connectivity index (χ3v) is 3.66. The highest BCUT2D eigenvalue weighted by Gasteiger charge is 2.09. The molecule has 102 valence electrons. The number of hydrogen-bond acceptors (Lipinski definition) is 2. The van der Waals surface area contributed by atoms with Gasteiger partial charge in [-0.2, -0.15) is 0 Å². The number of imidazole rings is 1. The SMILES string of the molecule is Cc1nc2ccccc2n1-c1ccc(-c2ccco2)cc1. The highest BCUT2D eigenvalue weighted by atomic mass is 16.3. The monoisotopic (exact) mass is 274 g/mol. The highest BCUT2D eigenvalue weighted by Crippen LogP contribution is 2.24. The average molecular weight is 274 g/mol. The van der Waals surface area contributed by atoms with Gasteiger partial charge in [-0.15, -0.1) is 0 Å². The van der Waals surface area contributed by atoms with Crippen LogP contribution >= 0.6 is 0 Å². The zero-order valence-electron chi connectivity index (χ0n) is 11.7. The summed E-state index contributed by atoms with van der Waals surface area (Å²) in [7, 11) is 0. The Hall–Kier alpha value is -2.81. The van der Waals surface area contributed by atoms with E-state index < -0.39 is 0 Å². The minimum Gasteiger partial charge on any atom is -0.464 e. The number of para-hydroxylation sites is 2. The van der Waals surface area contributed by atoms with Crippen molar-refractivity contribution in [3.05, 3.63) is 72.8 Å². The van der Waals surface area contributed by atoms with Crippen LogP contribution in [0.25, 0.3) is 28.0 Å². The zero-order chi connectivity index (χ0) is 14.2. The second-order valence-corrected chi connectivity index (χ2v) is 5.01. The molecular weight excluding hydrogens is 260 g/mol. The molecule has 0 saturated heterocycles. The van der Waals surface area contributed by atoms with Crippen molar-refractivity contribution < 1.29 is 4.42 Å². The van der Waals surface area contributed by atoms with Crippen LogP contribution in [0.3, 0.4) is 0 Å². The summed E-state index contributed by atoms with van der Waals surface area (Å²) in [6.07, 6.45) is 1.69. The van der Waals surface area contributed by atoms with Crippen LogP contribution in [0.4, 0.5) is 0 Å². The Bertz CT molecular complexity index is 887. The quantitative estimate of drug-likeness (QED) is 0.535. The Labute approximate surface area is 122 Å². The number of hydrogen-bond donors (Lipinski definition) is 0. The number of fused-ring (bicyclic) bond motifs is 1. The minimum atomic E-state index is 0.883. The predicted molar refractivity (Wildman–Crippen MR) is 83.5 cm³/mol. The van der Waals surface area contributed by atoms with Gasteiger partial charge in [-0.1, -0.05) is 12.1 Å². The number of furan rings is 1. The lowest BCUT2D eigenvalue weighted by atomic mass is 10.1. The van der Waals surface area contributed by atoms with E-state index in [-0.39, 0.29) is 0 Å². The smallest absolute Gasteiger partial charge is 0.133 e. The molecule has 4 rings (SSSR count). The summed E-state index contributed by atoms with van der Waals surface area (Å²) >= 11 is 0. The first-order valence-corrected chi connectivity index (χ1v) is 6.91. The van der Waals surface area contributed by atoms with Crippen LogP contribution in [0.2, 0.25) is 0 Å². The molecule has 2 aromatic heterocycles. The van der Waals surface area contributed by atoms with E-state index in [1.807, 2.05) is 37.3 Å². The summed E-state index contributed by atoms with van der Waals surface area (Å²) in [5, 5.41) is 0. The van der Waals surface area contributed by atoms with E-state index in [1.165, 1.54) is 0 Å². The Morgan fingerprint density at radius 1 is 0.905 bits per heavy atom. The maximum atomic E-state index is 5.42. The molecule has 0 bridgehead atoms. The molecule has 3 nitrogen and oxygen atoms in total. The van der Waals surface area contributed by atoms with Crippen molar-refractivity contribution in [2.75, 3.05) is 0 Å². The van der Waals surface area contributed by atoms with Gasteiger partial charge in [0.05, 0.1) is 17.3 Å². The van der Waals surface area contributed by atoms with Gasteiger partial charge in [0, 0.05) is 11.3 Å². The van der Waals surface area contributed by atoms with Crippen LogP contribution in [0.1, 0.15) is 5.82 Å². The van der Waals surface area contributed by atoms with Gasteiger partial charge in [0.2, 0.25) is 0 Å². The molecule has 0 saturated carbocycles. The molecular formula is C18H14N2O. The van der Waals surface area contributed by atoms with Crippen LogP contribution in [-0.2, 0) is 0 Å². The third kappa shape index (κ3) is 1.94. The number of nitrogens with zero attached hydrogens (tertiary/aromatic N) is 2. The number of benzene rings is 2. The van der Waals surface area contributed by atoms with Crippen molar-refractivity contribution in [1.82, 2.24) is 9.55 Å². The van der Waals surface area contributed by atoms with Crippen LogP contribution in [0.5, 0.6) is 0 Å². The normalized spacial score (nSPS) is 11.1. The lowest BCUT2D eigenvalue weighted by Crippen LogP contribution is -1.96. The standard InChI is InChI=1S/C18H14N2O/c1-13-19-16-5-2-3-6-17(16)20(13)15-10-8-14(9-11-15)18-7-4-12-21-18/h2-12H,1H3. The Morgan fingerprint density at radius 2 is 1.71 bits per heavy atom. The van der Waals surface area contributed by atoms with E-state index in [2.05, 4.69) is 39.9 Å². The summed E-state index contributed by atoms with van der Waals surface area (Å²) in [6, 6.07) is 20.4. The van der Waals surface area contributed by atoms with Gasteiger partial charge in [-0.05, 0) is 55.5 Å². The van der Waals surface area contributed by atoms with Crippen molar-refractivity contribution in [2.24, 2.45) is 0 Å². The molecule has 4 aromatic rings. The van der Waals surface area contributed by atoms with Gasteiger partial charge in [0.1, 0.15) is 11.6 Å². The first kappa shape index (κ1) is 12.0. The molecule has 0 atom stereocenters. The molecule has 0 unspecified atom stereocenters. The van der Waals surface area contributed by atoms with Crippen LogP contribution in [-0.4, -0.2) is 9.55 Å². The lowest BCUT2D eigenvalue weighted by molar-refractivity contribution is 0.582. The maximum Gasteiger partial charge on any atom is 0.133 e. The van der Waals surface area contributed by atoms with E-state index in [4.69, 9.17) is 4.42 Å². The van der Waals surface area contributed by atoms with E-state index >= 15 is 0 Å². The predicted octanol–water partition coefficient (Wildman–Crippen LogP) is 4.59. The molecule has 2 aromatic carbocycles. The number of aryl methyl sites for hydroxylation is 1. The van der Waals surface area contributed by atoms with Crippen LogP contribution in [0.15, 0.2) is 71.3 Å². The van der Waals surface area contributed by atoms with Gasteiger partial charge in [0.15, 0.2) is 0 Å². The van der Waals surface area contributed by atoms with Gasteiger partial charge < -0.3 is 4.42 Å². The first-order chi connectivity index (χ1) is 10.3. The van der Waals surface area contributed by atoms with E-state index in [9.17, 15) is 0 Å². The van der Waals surface area contributed by atoms with E-state index in [1.54, 1.807) is 6.26 Å². The lowest BCUT2D eigenvalue weighted by Gasteiger charge is -2.07. The third-order valence-electron chi connectivity index (χ3n) is 3.66. The summed E-state index contributed by atoms with van der Waals surface area (Å²) < 4.78 is 7.59. The van der Waals surface area contributed by atoms with Crippen molar-refractivity contribution in [1.29, 1.82) is 0 Å². The topological polar surface area (TPSA) is 31.0 Å². The van der Waals surface area contributed by atoms with Crippen LogP contribution < -0.4 is 0 Å². The molecule has 0 aliphatic carbocycles. The Kier molecular flexibility index (Phi) is 2.64. The molecule has 0 radical (unpaired) electrons. The fourth-order valence-corrected chi connectivity index (χ4v) is 2.69. The first-order valence-electron chi connectivity index (χ1n) is 6.91. The summed E-state index contributed by atoms with van der Waals surface area (Å²) in [6.45, 7) is 2.03. The molecule has 0 fully saturated rings. The zero-order valence-corrected chi connectivity index (χ0v) is 11.7. The van der Waals surface area contributed by atoms with Crippen molar-refractivity contribution in [2.45, 2.75) is 6.92 Å². The minimum absolute atomic E-state index is 0.883. The Morgan fingerprint density at radius 3 is 2.48 bits per heavy atom. The molecule has 0 spiro atoms. The van der Waals surface area contributed by atoms with Gasteiger partial charge in [0.25, 0.3) is 0 Å². The molecule has 0 aliphatic rings. The van der Waals surface area contributed by atoms with Crippen molar-refractivity contribution in [3.63, 3.8) is 0 Å². The Balaban J connectivity index is 1.84. The molecule has 0 amide bonds. The van der Waals surface area contributed by atoms with Crippen molar-refractivity contribution in [3.8, 4) is 17.0 Å². The maximum absolute atomic E-state index is 5.42. The van der Waals surface area contributed by atoms with Gasteiger partial charge in [-0.3, -0.25) is 4.57 Å². The molecule has 21 heavy (non-hydrogen) atoms. The molecule has 0 N–H and O–H groups in total. The second kappa shape index (κ2) is 4.63. The number of rotatable bonds is 2. The van der Waals surface area contributed by atoms with Crippen molar-refractivity contribution >= 4 is 11.0 Å². The fraction of sp³-hybridized carbons (Fsp3) is 0.0556. The van der Waals surface area contributed by atoms with Gasteiger partial charge >= 0.3 is 0 Å². The molecule has 3 heteroatoms. The van der Waals surface area contributed by atoms with E-state index in [0.717, 1.165) is 33.9 Å². The number of aromatic nitrogens is 2. The second-order valence-electron chi connectivity index (χ2n) is 5.01. The average Bonchev–Trinajstić information content (AvgIpc) is 3.14. The summed E-state index contributed by atoms with van der Waals surface area (Å²) in [5.41, 5.74) is 4.33. The fourth-order valence-electron chi connectivity index (χ4n) is 2.69. The van der Waals surface area contributed by atoms with Gasteiger partial charge in [-0.25, -0.2) is 4.98 Å².